The molecule has 1 N–H and O–H groups in total. The molecule has 0 aliphatic heterocycles. The molecule has 90 valence electrons. The zero-order chi connectivity index (χ0) is 11.6. The lowest BCUT2D eigenvalue weighted by Gasteiger charge is -2.05. The van der Waals surface area contributed by atoms with Crippen molar-refractivity contribution in [3.63, 3.8) is 0 Å². The minimum Gasteiger partial charge on any atom is -0.380 e. The summed E-state index contributed by atoms with van der Waals surface area (Å²) < 4.78 is 5.44. The zero-order valence-corrected chi connectivity index (χ0v) is 10.2. The van der Waals surface area contributed by atoms with Crippen molar-refractivity contribution < 1.29 is 4.74 Å². The summed E-state index contributed by atoms with van der Waals surface area (Å²) in [4.78, 5) is 8.36. The number of hydrogen-bond donors (Lipinski definition) is 1. The molecule has 0 saturated carbocycles. The Morgan fingerprint density at radius 3 is 3.00 bits per heavy atom. The van der Waals surface area contributed by atoms with Gasteiger partial charge in [-0.1, -0.05) is 13.3 Å². The third kappa shape index (κ3) is 5.78. The van der Waals surface area contributed by atoms with Crippen molar-refractivity contribution in [1.29, 1.82) is 0 Å². The quantitative estimate of drug-likeness (QED) is 0.681. The summed E-state index contributed by atoms with van der Waals surface area (Å²) in [5.41, 5.74) is 1.03. The van der Waals surface area contributed by atoms with Crippen LogP contribution in [-0.4, -0.2) is 29.7 Å². The van der Waals surface area contributed by atoms with Crippen LogP contribution in [0.4, 0.5) is 0 Å². The molecule has 4 nitrogen and oxygen atoms in total. The molecule has 1 heterocycles. The molecule has 1 aromatic heterocycles. The Morgan fingerprint density at radius 2 is 2.25 bits per heavy atom. The van der Waals surface area contributed by atoms with Gasteiger partial charge in [-0.15, -0.1) is 0 Å². The molecule has 0 aliphatic rings. The molecule has 0 fully saturated rings. The van der Waals surface area contributed by atoms with Crippen molar-refractivity contribution >= 4 is 0 Å². The number of nitrogens with one attached hydrogen (secondary N) is 1. The number of rotatable bonds is 8. The summed E-state index contributed by atoms with van der Waals surface area (Å²) in [7, 11) is 0. The van der Waals surface area contributed by atoms with Gasteiger partial charge in [-0.2, -0.15) is 0 Å². The lowest BCUT2D eigenvalue weighted by molar-refractivity contribution is 0.133. The highest BCUT2D eigenvalue weighted by Gasteiger charge is 1.95. The molecule has 1 aromatic rings. The largest absolute Gasteiger partial charge is 0.380 e. The monoisotopic (exact) mass is 223 g/mol. The lowest BCUT2D eigenvalue weighted by Crippen LogP contribution is -2.20. The smallest absolute Gasteiger partial charge is 0.125 e. The molecule has 0 aromatic carbocycles. The highest BCUT2D eigenvalue weighted by atomic mass is 16.5. The standard InChI is InChI=1S/C12H21N3O/c1-3-4-8-16-9-7-13-10-12-5-6-14-11(2)15-12/h5-6,13H,3-4,7-10H2,1-2H3. The maximum absolute atomic E-state index is 5.44. The predicted octanol–water partition coefficient (Wildman–Crippen LogP) is 1.69. The van der Waals surface area contributed by atoms with Gasteiger partial charge in [0.2, 0.25) is 0 Å². The molecule has 0 amide bonds. The van der Waals surface area contributed by atoms with Gasteiger partial charge in [0.15, 0.2) is 0 Å². The average Bonchev–Trinajstić information content (AvgIpc) is 2.28. The van der Waals surface area contributed by atoms with E-state index >= 15 is 0 Å². The summed E-state index contributed by atoms with van der Waals surface area (Å²) >= 11 is 0. The molecule has 0 spiro atoms. The third-order valence-corrected chi connectivity index (χ3v) is 2.21. The Bertz CT molecular complexity index is 291. The number of nitrogens with zero attached hydrogens (tertiary/aromatic N) is 2. The number of hydrogen-bond acceptors (Lipinski definition) is 4. The van der Waals surface area contributed by atoms with E-state index in [2.05, 4.69) is 22.2 Å². The summed E-state index contributed by atoms with van der Waals surface area (Å²) in [5, 5.41) is 3.29. The molecular weight excluding hydrogens is 202 g/mol. The highest BCUT2D eigenvalue weighted by Crippen LogP contribution is 1.93. The molecule has 16 heavy (non-hydrogen) atoms. The van der Waals surface area contributed by atoms with E-state index in [9.17, 15) is 0 Å². The van der Waals surface area contributed by atoms with Gasteiger partial charge < -0.3 is 10.1 Å². The van der Waals surface area contributed by atoms with E-state index in [0.29, 0.717) is 0 Å². The van der Waals surface area contributed by atoms with E-state index in [1.54, 1.807) is 6.20 Å². The minimum atomic E-state index is 0.768. The fraction of sp³-hybridized carbons (Fsp3) is 0.667. The van der Waals surface area contributed by atoms with Crippen LogP contribution in [-0.2, 0) is 11.3 Å². The maximum atomic E-state index is 5.44. The molecule has 0 aliphatic carbocycles. The topological polar surface area (TPSA) is 47.0 Å². The maximum Gasteiger partial charge on any atom is 0.125 e. The van der Waals surface area contributed by atoms with Gasteiger partial charge in [0, 0.05) is 25.9 Å². The predicted molar refractivity (Wildman–Crippen MR) is 64.2 cm³/mol. The van der Waals surface area contributed by atoms with Crippen LogP contribution in [0, 0.1) is 6.92 Å². The first-order valence-electron chi connectivity index (χ1n) is 5.90. The van der Waals surface area contributed by atoms with Crippen LogP contribution in [0.25, 0.3) is 0 Å². The second-order valence-electron chi connectivity index (χ2n) is 3.74. The van der Waals surface area contributed by atoms with Crippen LogP contribution in [0.1, 0.15) is 31.3 Å². The minimum absolute atomic E-state index is 0.768. The Balaban J connectivity index is 2.03. The molecule has 0 atom stereocenters. The first-order valence-corrected chi connectivity index (χ1v) is 5.90. The van der Waals surface area contributed by atoms with Crippen molar-refractivity contribution in [3.05, 3.63) is 23.8 Å². The van der Waals surface area contributed by atoms with Crippen LogP contribution in [0.3, 0.4) is 0 Å². The van der Waals surface area contributed by atoms with Crippen molar-refractivity contribution in [2.45, 2.75) is 33.2 Å². The number of unbranched alkanes of at least 4 members (excludes halogenated alkanes) is 1. The van der Waals surface area contributed by atoms with Crippen molar-refractivity contribution in [3.8, 4) is 0 Å². The van der Waals surface area contributed by atoms with Gasteiger partial charge in [-0.25, -0.2) is 9.97 Å². The molecule has 0 bridgehead atoms. The Morgan fingerprint density at radius 1 is 1.38 bits per heavy atom. The van der Waals surface area contributed by atoms with E-state index in [0.717, 1.165) is 44.2 Å². The third-order valence-electron chi connectivity index (χ3n) is 2.21. The second-order valence-corrected chi connectivity index (χ2v) is 3.74. The van der Waals surface area contributed by atoms with E-state index in [4.69, 9.17) is 4.74 Å². The van der Waals surface area contributed by atoms with E-state index in [1.807, 2.05) is 13.0 Å². The average molecular weight is 223 g/mol. The van der Waals surface area contributed by atoms with Gasteiger partial charge in [-0.3, -0.25) is 0 Å². The number of aryl methyl sites for hydroxylation is 1. The van der Waals surface area contributed by atoms with Gasteiger partial charge in [0.1, 0.15) is 5.82 Å². The summed E-state index contributed by atoms with van der Waals surface area (Å²) in [6.07, 6.45) is 4.12. The Kier molecular flexibility index (Phi) is 6.69. The second kappa shape index (κ2) is 8.19. The van der Waals surface area contributed by atoms with Crippen molar-refractivity contribution in [1.82, 2.24) is 15.3 Å². The first-order chi connectivity index (χ1) is 7.83. The summed E-state index contributed by atoms with van der Waals surface area (Å²) in [6.45, 7) is 7.35. The van der Waals surface area contributed by atoms with Crippen molar-refractivity contribution in [2.24, 2.45) is 0 Å². The van der Waals surface area contributed by atoms with Gasteiger partial charge in [-0.05, 0) is 19.4 Å². The summed E-state index contributed by atoms with van der Waals surface area (Å²) in [5.74, 6) is 0.818. The summed E-state index contributed by atoms with van der Waals surface area (Å²) in [6, 6.07) is 1.93. The van der Waals surface area contributed by atoms with Gasteiger partial charge in [0.25, 0.3) is 0 Å². The van der Waals surface area contributed by atoms with Gasteiger partial charge in [0.05, 0.1) is 12.3 Å². The van der Waals surface area contributed by atoms with Crippen LogP contribution in [0.2, 0.25) is 0 Å². The zero-order valence-electron chi connectivity index (χ0n) is 10.2. The molecular formula is C12H21N3O. The van der Waals surface area contributed by atoms with E-state index in [-0.39, 0.29) is 0 Å². The highest BCUT2D eigenvalue weighted by molar-refractivity contribution is 5.00. The first kappa shape index (κ1) is 13.1. The van der Waals surface area contributed by atoms with Crippen LogP contribution in [0.15, 0.2) is 12.3 Å². The molecule has 4 heteroatoms. The van der Waals surface area contributed by atoms with Crippen LogP contribution in [0.5, 0.6) is 0 Å². The lowest BCUT2D eigenvalue weighted by atomic mass is 10.4. The van der Waals surface area contributed by atoms with Crippen LogP contribution >= 0.6 is 0 Å². The normalized spacial score (nSPS) is 10.6. The number of aromatic nitrogens is 2. The van der Waals surface area contributed by atoms with Crippen LogP contribution < -0.4 is 5.32 Å². The fourth-order valence-corrected chi connectivity index (χ4v) is 1.31. The van der Waals surface area contributed by atoms with Crippen molar-refractivity contribution in [2.75, 3.05) is 19.8 Å². The van der Waals surface area contributed by atoms with E-state index in [1.165, 1.54) is 6.42 Å². The number of ether oxygens (including phenoxy) is 1. The van der Waals surface area contributed by atoms with E-state index < -0.39 is 0 Å². The van der Waals surface area contributed by atoms with Gasteiger partial charge >= 0.3 is 0 Å². The SMILES string of the molecule is CCCCOCCNCc1ccnc(C)n1. The molecule has 0 saturated heterocycles. The Hall–Kier alpha value is -1.00. The molecule has 1 rings (SSSR count). The molecule has 0 radical (unpaired) electrons. The fourth-order valence-electron chi connectivity index (χ4n) is 1.31. The Labute approximate surface area is 97.5 Å². The molecule has 0 unspecified atom stereocenters.